The van der Waals surface area contributed by atoms with Gasteiger partial charge in [-0.15, -0.1) is 0 Å². The molecular formula is C32H29BO2. The van der Waals surface area contributed by atoms with E-state index in [9.17, 15) is 0 Å². The van der Waals surface area contributed by atoms with E-state index in [0.29, 0.717) is 11.0 Å². The molecule has 1 saturated heterocycles. The van der Waals surface area contributed by atoms with Gasteiger partial charge in [0.05, 0.1) is 29.0 Å². The molecule has 1 aliphatic rings. The highest BCUT2D eigenvalue weighted by atomic mass is 16.7. The van der Waals surface area contributed by atoms with Crippen LogP contribution in [-0.4, -0.2) is 18.3 Å². The Bertz CT molecular complexity index is 2240. The molecule has 0 unspecified atom stereocenters. The normalized spacial score (nSPS) is 21.9. The lowest BCUT2D eigenvalue weighted by molar-refractivity contribution is 0.00578. The van der Waals surface area contributed by atoms with Gasteiger partial charge in [0.15, 0.2) is 0 Å². The Morgan fingerprint density at radius 3 is 1.69 bits per heavy atom. The van der Waals surface area contributed by atoms with Gasteiger partial charge in [-0.2, -0.15) is 0 Å². The van der Waals surface area contributed by atoms with Crippen LogP contribution in [0.5, 0.6) is 0 Å². The molecule has 1 aliphatic heterocycles. The summed E-state index contributed by atoms with van der Waals surface area (Å²) < 4.78 is 125. The van der Waals surface area contributed by atoms with Crippen LogP contribution in [0.4, 0.5) is 0 Å². The third kappa shape index (κ3) is 3.95. The van der Waals surface area contributed by atoms with Crippen LogP contribution in [0.25, 0.3) is 43.8 Å². The van der Waals surface area contributed by atoms with Crippen LogP contribution in [-0.2, 0) is 9.31 Å². The predicted octanol–water partition coefficient (Wildman–Crippen LogP) is 7.63. The lowest BCUT2D eigenvalue weighted by atomic mass is 9.78. The van der Waals surface area contributed by atoms with Crippen molar-refractivity contribution in [1.29, 1.82) is 0 Å². The van der Waals surface area contributed by atoms with E-state index < -0.39 is 102 Å². The minimum atomic E-state index is -0.751. The standard InChI is InChI=1S/C32H29BO2/c1-31(2)32(3,4)35-33(34-31)30-11-7-10-24(21-30)25-14-15-29-20-28(17-16-27(29)19-25)26-13-12-22-8-5-6-9-23(22)18-26/h5-21H,1-4H3/i5D,6D,8D,9D,12D,13D,14D,15D,16D,17D,18D,19D,20D. The fourth-order valence-electron chi connectivity index (χ4n) is 3.87. The van der Waals surface area contributed by atoms with Crippen LogP contribution >= 0.6 is 0 Å². The van der Waals surface area contributed by atoms with Crippen molar-refractivity contribution >= 4 is 34.1 Å². The maximum atomic E-state index is 9.11. The third-order valence-electron chi connectivity index (χ3n) is 6.58. The molecule has 1 fully saturated rings. The molecule has 0 spiro atoms. The number of fused-ring (bicyclic) bond motifs is 2. The van der Waals surface area contributed by atoms with Gasteiger partial charge in [0, 0.05) is 0 Å². The molecule has 3 heteroatoms. The molecule has 0 atom stereocenters. The Balaban J connectivity index is 1.63. The molecule has 0 radical (unpaired) electrons. The predicted molar refractivity (Wildman–Crippen MR) is 148 cm³/mol. The Morgan fingerprint density at radius 1 is 0.600 bits per heavy atom. The topological polar surface area (TPSA) is 18.5 Å². The fraction of sp³-hybridized carbons (Fsp3) is 0.188. The van der Waals surface area contributed by atoms with Crippen molar-refractivity contribution in [3.05, 3.63) is 103 Å². The minimum absolute atomic E-state index is 0.0107. The van der Waals surface area contributed by atoms with E-state index in [1.807, 2.05) is 27.7 Å². The maximum Gasteiger partial charge on any atom is 0.494 e. The molecule has 0 aliphatic carbocycles. The first kappa shape index (κ1) is 12.0. The van der Waals surface area contributed by atoms with Gasteiger partial charge in [0.2, 0.25) is 0 Å². The summed E-state index contributed by atoms with van der Waals surface area (Å²) in [6.45, 7) is 7.63. The van der Waals surface area contributed by atoms with Gasteiger partial charge in [0.25, 0.3) is 0 Å². The molecule has 172 valence electrons. The molecule has 0 amide bonds. The molecule has 0 N–H and O–H groups in total. The highest BCUT2D eigenvalue weighted by Gasteiger charge is 2.51. The smallest absolute Gasteiger partial charge is 0.399 e. The lowest BCUT2D eigenvalue weighted by Gasteiger charge is -2.32. The average Bonchev–Trinajstić information content (AvgIpc) is 3.25. The minimum Gasteiger partial charge on any atom is -0.399 e. The van der Waals surface area contributed by atoms with Gasteiger partial charge in [0.1, 0.15) is 0 Å². The molecule has 5 aromatic carbocycles. The Hall–Kier alpha value is -3.40. The molecule has 0 aromatic heterocycles. The van der Waals surface area contributed by atoms with E-state index in [1.165, 1.54) is 0 Å². The first-order chi connectivity index (χ1) is 22.2. The zero-order chi connectivity index (χ0) is 35.5. The summed E-state index contributed by atoms with van der Waals surface area (Å²) in [6.07, 6.45) is 0. The van der Waals surface area contributed by atoms with Crippen molar-refractivity contribution in [2.75, 3.05) is 0 Å². The van der Waals surface area contributed by atoms with Gasteiger partial charge < -0.3 is 9.31 Å². The van der Waals surface area contributed by atoms with Crippen LogP contribution in [0.1, 0.15) is 45.5 Å². The second-order valence-corrected chi connectivity index (χ2v) is 9.46. The largest absolute Gasteiger partial charge is 0.494 e. The SMILES string of the molecule is [2H]c1c([2H])c([2H])c2c([2H])c(-c3c([2H])c([2H])c4c([2H])c(-c5cccc(B6OC(C)(C)C(C)(C)O6)c5)c([2H])c([2H])c4c3[2H])c([2H])c([2H])c2c1[2H]. The lowest BCUT2D eigenvalue weighted by Crippen LogP contribution is -2.41. The highest BCUT2D eigenvalue weighted by Crippen LogP contribution is 2.37. The van der Waals surface area contributed by atoms with Crippen molar-refractivity contribution in [2.24, 2.45) is 0 Å². The maximum absolute atomic E-state index is 9.11. The number of benzene rings is 5. The Kier molecular flexibility index (Phi) is 2.78. The van der Waals surface area contributed by atoms with Crippen LogP contribution in [0.3, 0.4) is 0 Å². The van der Waals surface area contributed by atoms with Crippen molar-refractivity contribution in [1.82, 2.24) is 0 Å². The van der Waals surface area contributed by atoms with E-state index in [4.69, 9.17) is 27.1 Å². The quantitative estimate of drug-likeness (QED) is 0.253. The van der Waals surface area contributed by atoms with E-state index in [-0.39, 0.29) is 33.2 Å². The summed E-state index contributed by atoms with van der Waals surface area (Å²) in [5.74, 6) is 0. The van der Waals surface area contributed by atoms with E-state index >= 15 is 0 Å². The Morgan fingerprint density at radius 2 is 1.09 bits per heavy atom. The summed E-state index contributed by atoms with van der Waals surface area (Å²) in [5, 5.41) is -1.32. The molecule has 2 nitrogen and oxygen atoms in total. The van der Waals surface area contributed by atoms with Gasteiger partial charge >= 0.3 is 7.12 Å². The molecule has 0 bridgehead atoms. The van der Waals surface area contributed by atoms with Crippen molar-refractivity contribution in [3.63, 3.8) is 0 Å². The highest BCUT2D eigenvalue weighted by molar-refractivity contribution is 6.62. The number of hydrogen-bond acceptors (Lipinski definition) is 2. The van der Waals surface area contributed by atoms with Gasteiger partial charge in [-0.1, -0.05) is 84.7 Å². The molecular weight excluding hydrogens is 427 g/mol. The second-order valence-electron chi connectivity index (χ2n) is 9.46. The first-order valence-corrected chi connectivity index (χ1v) is 11.2. The third-order valence-corrected chi connectivity index (χ3v) is 6.58. The van der Waals surface area contributed by atoms with Crippen molar-refractivity contribution in [2.45, 2.75) is 38.9 Å². The van der Waals surface area contributed by atoms with Gasteiger partial charge in [-0.25, -0.2) is 0 Å². The summed E-state index contributed by atoms with van der Waals surface area (Å²) in [4.78, 5) is 0. The average molecular weight is 469 g/mol. The number of hydrogen-bond donors (Lipinski definition) is 0. The van der Waals surface area contributed by atoms with E-state index in [0.717, 1.165) is 0 Å². The van der Waals surface area contributed by atoms with Crippen molar-refractivity contribution in [3.8, 4) is 22.3 Å². The summed E-state index contributed by atoms with van der Waals surface area (Å²) in [6, 6.07) is -0.975. The summed E-state index contributed by atoms with van der Waals surface area (Å²) in [7, 11) is -0.751. The first-order valence-electron chi connectivity index (χ1n) is 17.7. The fourth-order valence-corrected chi connectivity index (χ4v) is 3.87. The Labute approximate surface area is 225 Å². The second kappa shape index (κ2) is 8.08. The molecule has 0 saturated carbocycles. The molecule has 35 heavy (non-hydrogen) atoms. The molecule has 1 heterocycles. The summed E-state index contributed by atoms with van der Waals surface area (Å²) >= 11 is 0. The monoisotopic (exact) mass is 469 g/mol. The molecule has 6 rings (SSSR count). The van der Waals surface area contributed by atoms with Crippen molar-refractivity contribution < 1.29 is 27.1 Å². The summed E-state index contributed by atoms with van der Waals surface area (Å²) in [5.41, 5.74) is -1.26. The van der Waals surface area contributed by atoms with Crippen LogP contribution in [0.15, 0.2) is 103 Å². The van der Waals surface area contributed by atoms with Crippen LogP contribution in [0.2, 0.25) is 0 Å². The zero-order valence-corrected chi connectivity index (χ0v) is 19.7. The number of rotatable bonds is 3. The van der Waals surface area contributed by atoms with E-state index in [2.05, 4.69) is 0 Å². The van der Waals surface area contributed by atoms with Crippen LogP contribution in [0, 0.1) is 0 Å². The van der Waals surface area contributed by atoms with Gasteiger partial charge in [-0.05, 0) is 95.1 Å². The van der Waals surface area contributed by atoms with E-state index in [1.54, 1.807) is 24.3 Å². The van der Waals surface area contributed by atoms with Gasteiger partial charge in [-0.3, -0.25) is 0 Å². The van der Waals surface area contributed by atoms with Crippen LogP contribution < -0.4 is 5.46 Å². The molecule has 5 aromatic rings. The zero-order valence-electron chi connectivity index (χ0n) is 32.7.